The molecule has 0 unspecified atom stereocenters. The Bertz CT molecular complexity index is 824. The van der Waals surface area contributed by atoms with Gasteiger partial charge in [0.25, 0.3) is 0 Å². The molecule has 0 saturated heterocycles. The van der Waals surface area contributed by atoms with E-state index in [0.29, 0.717) is 11.4 Å². The lowest BCUT2D eigenvalue weighted by atomic mass is 10.1. The van der Waals surface area contributed by atoms with Crippen LogP contribution in [0.15, 0.2) is 48.5 Å². The Morgan fingerprint density at radius 1 is 1.14 bits per heavy atom. The first kappa shape index (κ1) is 14.0. The third kappa shape index (κ3) is 2.48. The SMILES string of the molecule is COc1cccc(-n2nnc(C=O)c2-c2cccc(C)c2)c1. The van der Waals surface area contributed by atoms with E-state index < -0.39 is 0 Å². The number of hydrogen-bond donors (Lipinski definition) is 0. The quantitative estimate of drug-likeness (QED) is 0.694. The van der Waals surface area contributed by atoms with E-state index in [1.807, 2.05) is 55.5 Å². The van der Waals surface area contributed by atoms with Gasteiger partial charge in [0.05, 0.1) is 12.8 Å². The molecule has 0 amide bonds. The zero-order chi connectivity index (χ0) is 15.5. The number of ether oxygens (including phenoxy) is 1. The number of carbonyl (C=O) groups is 1. The summed E-state index contributed by atoms with van der Waals surface area (Å²) in [6.45, 7) is 2.00. The highest BCUT2D eigenvalue weighted by Crippen LogP contribution is 2.26. The highest BCUT2D eigenvalue weighted by Gasteiger charge is 2.16. The van der Waals surface area contributed by atoms with Crippen molar-refractivity contribution in [2.45, 2.75) is 6.92 Å². The third-order valence-corrected chi connectivity index (χ3v) is 3.40. The van der Waals surface area contributed by atoms with Gasteiger partial charge in [0.2, 0.25) is 0 Å². The minimum atomic E-state index is 0.313. The molecule has 0 saturated carbocycles. The lowest BCUT2D eigenvalue weighted by Gasteiger charge is -2.09. The molecule has 2 aromatic carbocycles. The van der Waals surface area contributed by atoms with Crippen LogP contribution in [0.2, 0.25) is 0 Å². The van der Waals surface area contributed by atoms with Crippen molar-refractivity contribution in [2.24, 2.45) is 0 Å². The molecule has 0 fully saturated rings. The first-order valence-electron chi connectivity index (χ1n) is 6.85. The normalized spacial score (nSPS) is 10.5. The maximum atomic E-state index is 11.3. The molecular weight excluding hydrogens is 278 g/mol. The highest BCUT2D eigenvalue weighted by molar-refractivity contribution is 5.84. The Morgan fingerprint density at radius 3 is 2.68 bits per heavy atom. The van der Waals surface area contributed by atoms with Crippen molar-refractivity contribution >= 4 is 6.29 Å². The molecule has 22 heavy (non-hydrogen) atoms. The molecule has 110 valence electrons. The van der Waals surface area contributed by atoms with Crippen LogP contribution >= 0.6 is 0 Å². The van der Waals surface area contributed by atoms with Crippen molar-refractivity contribution in [3.8, 4) is 22.7 Å². The number of aromatic nitrogens is 3. The first-order valence-corrected chi connectivity index (χ1v) is 6.85. The van der Waals surface area contributed by atoms with E-state index in [1.54, 1.807) is 11.8 Å². The van der Waals surface area contributed by atoms with Crippen molar-refractivity contribution < 1.29 is 9.53 Å². The number of methoxy groups -OCH3 is 1. The number of benzene rings is 2. The summed E-state index contributed by atoms with van der Waals surface area (Å²) in [6, 6.07) is 15.4. The summed E-state index contributed by atoms with van der Waals surface area (Å²) < 4.78 is 6.90. The smallest absolute Gasteiger partial charge is 0.172 e. The van der Waals surface area contributed by atoms with Gasteiger partial charge < -0.3 is 4.74 Å². The predicted octanol–water partition coefficient (Wildman–Crippen LogP) is 3.06. The van der Waals surface area contributed by atoms with Crippen LogP contribution in [-0.2, 0) is 0 Å². The van der Waals surface area contributed by atoms with E-state index in [-0.39, 0.29) is 0 Å². The molecule has 0 bridgehead atoms. The van der Waals surface area contributed by atoms with Crippen LogP contribution in [0.25, 0.3) is 16.9 Å². The lowest BCUT2D eigenvalue weighted by molar-refractivity contribution is 0.111. The Balaban J connectivity index is 2.21. The number of carbonyl (C=O) groups excluding carboxylic acids is 1. The maximum absolute atomic E-state index is 11.3. The minimum Gasteiger partial charge on any atom is -0.497 e. The Labute approximate surface area is 128 Å². The third-order valence-electron chi connectivity index (χ3n) is 3.40. The van der Waals surface area contributed by atoms with Gasteiger partial charge in [-0.2, -0.15) is 0 Å². The molecule has 0 aliphatic heterocycles. The molecule has 0 spiro atoms. The van der Waals surface area contributed by atoms with Crippen LogP contribution in [-0.4, -0.2) is 28.4 Å². The number of nitrogens with zero attached hydrogens (tertiary/aromatic N) is 3. The average molecular weight is 293 g/mol. The topological polar surface area (TPSA) is 57.0 Å². The van der Waals surface area contributed by atoms with Gasteiger partial charge in [-0.1, -0.05) is 35.0 Å². The number of aldehydes is 1. The summed E-state index contributed by atoms with van der Waals surface area (Å²) in [5.74, 6) is 0.718. The van der Waals surface area contributed by atoms with Crippen LogP contribution in [0.4, 0.5) is 0 Å². The Kier molecular flexibility index (Phi) is 3.70. The fourth-order valence-corrected chi connectivity index (χ4v) is 2.36. The van der Waals surface area contributed by atoms with Crippen molar-refractivity contribution in [1.29, 1.82) is 0 Å². The molecule has 0 aliphatic carbocycles. The highest BCUT2D eigenvalue weighted by atomic mass is 16.5. The summed E-state index contributed by atoms with van der Waals surface area (Å²) in [4.78, 5) is 11.3. The van der Waals surface area contributed by atoms with Gasteiger partial charge in [0.15, 0.2) is 12.0 Å². The van der Waals surface area contributed by atoms with E-state index >= 15 is 0 Å². The van der Waals surface area contributed by atoms with Crippen LogP contribution in [0.5, 0.6) is 5.75 Å². The fourth-order valence-electron chi connectivity index (χ4n) is 2.36. The molecule has 0 aliphatic rings. The monoisotopic (exact) mass is 293 g/mol. The largest absolute Gasteiger partial charge is 0.497 e. The molecule has 1 aromatic heterocycles. The van der Waals surface area contributed by atoms with Gasteiger partial charge in [-0.3, -0.25) is 4.79 Å². The number of rotatable bonds is 4. The summed E-state index contributed by atoms with van der Waals surface area (Å²) in [5, 5.41) is 8.10. The van der Waals surface area contributed by atoms with Crippen molar-refractivity contribution in [3.05, 3.63) is 59.8 Å². The lowest BCUT2D eigenvalue weighted by Crippen LogP contribution is -2.00. The fraction of sp³-hybridized carbons (Fsp3) is 0.118. The second-order valence-corrected chi connectivity index (χ2v) is 4.92. The van der Waals surface area contributed by atoms with Crippen molar-refractivity contribution in [2.75, 3.05) is 7.11 Å². The number of aryl methyl sites for hydroxylation is 1. The molecule has 0 N–H and O–H groups in total. The summed E-state index contributed by atoms with van der Waals surface area (Å²) >= 11 is 0. The van der Waals surface area contributed by atoms with E-state index in [2.05, 4.69) is 10.3 Å². The van der Waals surface area contributed by atoms with Crippen LogP contribution < -0.4 is 4.74 Å². The van der Waals surface area contributed by atoms with Crippen molar-refractivity contribution in [1.82, 2.24) is 15.0 Å². The molecule has 5 heteroatoms. The van der Waals surface area contributed by atoms with Crippen LogP contribution in [0, 0.1) is 6.92 Å². The zero-order valence-corrected chi connectivity index (χ0v) is 12.4. The molecular formula is C17H15N3O2. The van der Waals surface area contributed by atoms with Gasteiger partial charge in [0.1, 0.15) is 11.4 Å². The zero-order valence-electron chi connectivity index (χ0n) is 12.4. The van der Waals surface area contributed by atoms with Gasteiger partial charge in [-0.05, 0) is 25.1 Å². The molecule has 0 atom stereocenters. The average Bonchev–Trinajstić information content (AvgIpc) is 2.99. The second kappa shape index (κ2) is 5.81. The first-order chi connectivity index (χ1) is 10.7. The maximum Gasteiger partial charge on any atom is 0.172 e. The van der Waals surface area contributed by atoms with Gasteiger partial charge in [0, 0.05) is 11.6 Å². The predicted molar refractivity (Wildman–Crippen MR) is 83.5 cm³/mol. The summed E-state index contributed by atoms with van der Waals surface area (Å²) in [5.41, 5.74) is 3.78. The second-order valence-electron chi connectivity index (χ2n) is 4.92. The molecule has 5 nitrogen and oxygen atoms in total. The molecule has 3 rings (SSSR count). The number of hydrogen-bond acceptors (Lipinski definition) is 4. The Hall–Kier alpha value is -2.95. The van der Waals surface area contributed by atoms with E-state index in [0.717, 1.165) is 28.8 Å². The van der Waals surface area contributed by atoms with E-state index in [4.69, 9.17) is 4.74 Å². The summed E-state index contributed by atoms with van der Waals surface area (Å²) in [6.07, 6.45) is 0.724. The van der Waals surface area contributed by atoms with Crippen LogP contribution in [0.3, 0.4) is 0 Å². The molecule has 3 aromatic rings. The molecule has 1 heterocycles. The van der Waals surface area contributed by atoms with E-state index in [1.165, 1.54) is 0 Å². The van der Waals surface area contributed by atoms with Gasteiger partial charge in [-0.25, -0.2) is 4.68 Å². The van der Waals surface area contributed by atoms with E-state index in [9.17, 15) is 4.79 Å². The van der Waals surface area contributed by atoms with Gasteiger partial charge >= 0.3 is 0 Å². The Morgan fingerprint density at radius 2 is 1.95 bits per heavy atom. The van der Waals surface area contributed by atoms with Crippen molar-refractivity contribution in [3.63, 3.8) is 0 Å². The van der Waals surface area contributed by atoms with Gasteiger partial charge in [-0.15, -0.1) is 5.10 Å². The standard InChI is InChI=1S/C17H15N3O2/c1-12-5-3-6-13(9-12)17-16(11-21)18-19-20(17)14-7-4-8-15(10-14)22-2/h3-11H,1-2H3. The van der Waals surface area contributed by atoms with Crippen LogP contribution in [0.1, 0.15) is 16.1 Å². The summed E-state index contributed by atoms with van der Waals surface area (Å²) in [7, 11) is 1.61. The molecule has 0 radical (unpaired) electrons. The minimum absolute atomic E-state index is 0.313.